The van der Waals surface area contributed by atoms with Crippen LogP contribution in [0.4, 0.5) is 4.39 Å². The SMILES string of the molecule is CCOC(=O)C1CC1(F)c1cccc(Br)c1. The fourth-order valence-electron chi connectivity index (χ4n) is 1.82. The summed E-state index contributed by atoms with van der Waals surface area (Å²) in [5, 5.41) is 0. The highest BCUT2D eigenvalue weighted by atomic mass is 79.9. The molecule has 2 rings (SSSR count). The average molecular weight is 287 g/mol. The highest BCUT2D eigenvalue weighted by Crippen LogP contribution is 2.56. The molecule has 0 amide bonds. The van der Waals surface area contributed by atoms with Crippen molar-refractivity contribution in [1.29, 1.82) is 0 Å². The second-order valence-electron chi connectivity index (χ2n) is 3.88. The number of hydrogen-bond donors (Lipinski definition) is 0. The number of halogens is 2. The number of ether oxygens (including phenoxy) is 1. The molecule has 86 valence electrons. The van der Waals surface area contributed by atoms with Gasteiger partial charge in [0.1, 0.15) is 5.67 Å². The van der Waals surface area contributed by atoms with E-state index in [1.165, 1.54) is 0 Å². The lowest BCUT2D eigenvalue weighted by molar-refractivity contribution is -0.145. The molecular weight excluding hydrogens is 275 g/mol. The quantitative estimate of drug-likeness (QED) is 0.798. The van der Waals surface area contributed by atoms with Crippen LogP contribution in [-0.2, 0) is 15.2 Å². The largest absolute Gasteiger partial charge is 0.466 e. The third-order valence-electron chi connectivity index (χ3n) is 2.77. The third-order valence-corrected chi connectivity index (χ3v) is 3.26. The van der Waals surface area contributed by atoms with Crippen molar-refractivity contribution in [3.05, 3.63) is 34.3 Å². The Hall–Kier alpha value is -0.900. The number of hydrogen-bond acceptors (Lipinski definition) is 2. The molecule has 2 atom stereocenters. The number of alkyl halides is 1. The van der Waals surface area contributed by atoms with Crippen molar-refractivity contribution in [2.75, 3.05) is 6.61 Å². The molecule has 1 aliphatic carbocycles. The first-order valence-electron chi connectivity index (χ1n) is 5.19. The Kier molecular flexibility index (Phi) is 3.02. The summed E-state index contributed by atoms with van der Waals surface area (Å²) in [5.74, 6) is -1.08. The molecule has 0 N–H and O–H groups in total. The van der Waals surface area contributed by atoms with E-state index in [9.17, 15) is 9.18 Å². The minimum absolute atomic E-state index is 0.224. The van der Waals surface area contributed by atoms with E-state index in [2.05, 4.69) is 15.9 Å². The normalized spacial score (nSPS) is 27.6. The Morgan fingerprint density at radius 1 is 1.69 bits per heavy atom. The molecule has 0 spiro atoms. The fraction of sp³-hybridized carbons (Fsp3) is 0.417. The van der Waals surface area contributed by atoms with Crippen LogP contribution in [0, 0.1) is 5.92 Å². The van der Waals surface area contributed by atoms with E-state index in [1.54, 1.807) is 25.1 Å². The zero-order valence-corrected chi connectivity index (χ0v) is 10.5. The number of esters is 1. The van der Waals surface area contributed by atoms with Gasteiger partial charge in [-0.25, -0.2) is 4.39 Å². The van der Waals surface area contributed by atoms with Crippen molar-refractivity contribution < 1.29 is 13.9 Å². The first-order chi connectivity index (χ1) is 7.58. The molecule has 0 bridgehead atoms. The molecule has 0 radical (unpaired) electrons. The van der Waals surface area contributed by atoms with Crippen LogP contribution >= 0.6 is 15.9 Å². The van der Waals surface area contributed by atoms with Gasteiger partial charge < -0.3 is 4.74 Å². The maximum Gasteiger partial charge on any atom is 0.312 e. The van der Waals surface area contributed by atoms with Crippen molar-refractivity contribution >= 4 is 21.9 Å². The highest BCUT2D eigenvalue weighted by molar-refractivity contribution is 9.10. The van der Waals surface area contributed by atoms with E-state index >= 15 is 0 Å². The maximum absolute atomic E-state index is 14.3. The minimum atomic E-state index is -1.53. The van der Waals surface area contributed by atoms with E-state index in [0.717, 1.165) is 4.47 Å². The maximum atomic E-state index is 14.3. The molecule has 2 unspecified atom stereocenters. The number of carbonyl (C=O) groups is 1. The van der Waals surface area contributed by atoms with Crippen LogP contribution in [0.25, 0.3) is 0 Å². The third kappa shape index (κ3) is 1.98. The predicted molar refractivity (Wildman–Crippen MR) is 61.7 cm³/mol. The van der Waals surface area contributed by atoms with Gasteiger partial charge in [0.2, 0.25) is 0 Å². The topological polar surface area (TPSA) is 26.3 Å². The minimum Gasteiger partial charge on any atom is -0.466 e. The molecule has 0 saturated heterocycles. The van der Waals surface area contributed by atoms with Crippen LogP contribution in [-0.4, -0.2) is 12.6 Å². The van der Waals surface area contributed by atoms with Crippen LogP contribution in [0.15, 0.2) is 28.7 Å². The van der Waals surface area contributed by atoms with Crippen molar-refractivity contribution in [3.63, 3.8) is 0 Å². The van der Waals surface area contributed by atoms with Crippen LogP contribution in [0.2, 0.25) is 0 Å². The summed E-state index contributed by atoms with van der Waals surface area (Å²) in [6.07, 6.45) is 0.224. The van der Waals surface area contributed by atoms with Gasteiger partial charge >= 0.3 is 5.97 Å². The van der Waals surface area contributed by atoms with Crippen LogP contribution in [0.1, 0.15) is 18.9 Å². The Balaban J connectivity index is 2.15. The lowest BCUT2D eigenvalue weighted by atomic mass is 10.1. The molecule has 0 aliphatic heterocycles. The summed E-state index contributed by atoms with van der Waals surface area (Å²) in [4.78, 5) is 11.4. The first-order valence-corrected chi connectivity index (χ1v) is 5.99. The van der Waals surface area contributed by atoms with E-state index in [-0.39, 0.29) is 6.42 Å². The summed E-state index contributed by atoms with van der Waals surface area (Å²) in [5.41, 5.74) is -0.990. The Morgan fingerprint density at radius 2 is 2.44 bits per heavy atom. The highest BCUT2D eigenvalue weighted by Gasteiger charge is 2.61. The van der Waals surface area contributed by atoms with E-state index in [1.807, 2.05) is 6.07 Å². The molecule has 1 aromatic carbocycles. The summed E-state index contributed by atoms with van der Waals surface area (Å²) >= 11 is 3.29. The summed E-state index contributed by atoms with van der Waals surface area (Å²) in [6.45, 7) is 2.02. The first kappa shape index (κ1) is 11.6. The predicted octanol–water partition coefficient (Wildman–Crippen LogP) is 3.20. The summed E-state index contributed by atoms with van der Waals surface area (Å²) in [7, 11) is 0. The summed E-state index contributed by atoms with van der Waals surface area (Å²) < 4.78 is 20.0. The Morgan fingerprint density at radius 3 is 3.06 bits per heavy atom. The van der Waals surface area contributed by atoms with E-state index < -0.39 is 17.6 Å². The van der Waals surface area contributed by atoms with Gasteiger partial charge in [-0.05, 0) is 24.6 Å². The average Bonchev–Trinajstić information content (AvgIpc) is 2.93. The van der Waals surface area contributed by atoms with Gasteiger partial charge in [0.05, 0.1) is 12.5 Å². The van der Waals surface area contributed by atoms with Crippen molar-refractivity contribution in [3.8, 4) is 0 Å². The monoisotopic (exact) mass is 286 g/mol. The molecule has 1 aliphatic rings. The molecule has 1 aromatic rings. The second kappa shape index (κ2) is 4.17. The van der Waals surface area contributed by atoms with Crippen molar-refractivity contribution in [2.24, 2.45) is 5.92 Å². The molecule has 1 fully saturated rings. The van der Waals surface area contributed by atoms with E-state index in [4.69, 9.17) is 4.74 Å². The lowest BCUT2D eigenvalue weighted by Crippen LogP contribution is -2.13. The molecule has 16 heavy (non-hydrogen) atoms. The smallest absolute Gasteiger partial charge is 0.312 e. The van der Waals surface area contributed by atoms with Gasteiger partial charge in [0.25, 0.3) is 0 Å². The van der Waals surface area contributed by atoms with Crippen molar-refractivity contribution in [2.45, 2.75) is 19.0 Å². The number of benzene rings is 1. The molecule has 1 saturated carbocycles. The van der Waals surface area contributed by atoms with Gasteiger partial charge in [-0.3, -0.25) is 4.79 Å². The standard InChI is InChI=1S/C12H12BrFO2/c1-2-16-11(15)10-7-12(10,14)8-4-3-5-9(13)6-8/h3-6,10H,2,7H2,1H3. The number of rotatable bonds is 3. The van der Waals surface area contributed by atoms with Gasteiger partial charge in [-0.1, -0.05) is 28.1 Å². The van der Waals surface area contributed by atoms with Gasteiger partial charge in [0, 0.05) is 10.9 Å². The van der Waals surface area contributed by atoms with Crippen LogP contribution < -0.4 is 0 Å². The van der Waals surface area contributed by atoms with Crippen LogP contribution in [0.5, 0.6) is 0 Å². The molecule has 4 heteroatoms. The molecule has 0 heterocycles. The zero-order valence-electron chi connectivity index (χ0n) is 8.87. The second-order valence-corrected chi connectivity index (χ2v) is 4.80. The van der Waals surface area contributed by atoms with Gasteiger partial charge in [-0.2, -0.15) is 0 Å². The van der Waals surface area contributed by atoms with Crippen molar-refractivity contribution in [1.82, 2.24) is 0 Å². The Bertz CT molecular complexity index is 421. The lowest BCUT2D eigenvalue weighted by Gasteiger charge is -2.08. The molecule has 2 nitrogen and oxygen atoms in total. The Labute approximate surface area is 102 Å². The van der Waals surface area contributed by atoms with Gasteiger partial charge in [-0.15, -0.1) is 0 Å². The molecular formula is C12H12BrFO2. The zero-order chi connectivity index (χ0) is 11.8. The fourth-order valence-corrected chi connectivity index (χ4v) is 2.22. The van der Waals surface area contributed by atoms with E-state index in [0.29, 0.717) is 12.2 Å². The summed E-state index contributed by atoms with van der Waals surface area (Å²) in [6, 6.07) is 7.00. The molecule has 0 aromatic heterocycles. The number of carbonyl (C=O) groups excluding carboxylic acids is 1. The van der Waals surface area contributed by atoms with Gasteiger partial charge in [0.15, 0.2) is 0 Å². The van der Waals surface area contributed by atoms with Crippen LogP contribution in [0.3, 0.4) is 0 Å².